The summed E-state index contributed by atoms with van der Waals surface area (Å²) < 4.78 is 1.38. The van der Waals surface area contributed by atoms with Crippen LogP contribution in [-0.2, 0) is 0 Å². The van der Waals surface area contributed by atoms with Crippen LogP contribution >= 0.6 is 11.6 Å². The minimum absolute atomic E-state index is 0.0835. The number of hydrogen-bond acceptors (Lipinski definition) is 5. The number of nitrogens with one attached hydrogen (secondary N) is 1. The molecule has 2 heterocycles. The normalized spacial score (nSPS) is 12.5. The zero-order chi connectivity index (χ0) is 13.2. The second-order valence-corrected chi connectivity index (χ2v) is 4.60. The fraction of sp³-hybridized carbons (Fsp3) is 0.167. The van der Waals surface area contributed by atoms with Crippen molar-refractivity contribution in [1.82, 2.24) is 25.3 Å². The smallest absolute Gasteiger partial charge is 0.200 e. The number of hydrogen-bond donors (Lipinski definition) is 1. The molecule has 0 aliphatic heterocycles. The molecule has 0 aliphatic carbocycles. The number of tetrazole rings is 1. The SMILES string of the molecule is C[C@H](Nc1ccc2nnnn2n1)c1cccc(Cl)c1. The molecule has 1 atom stereocenters. The molecule has 0 saturated carbocycles. The fourth-order valence-corrected chi connectivity index (χ4v) is 2.01. The summed E-state index contributed by atoms with van der Waals surface area (Å²) in [7, 11) is 0. The zero-order valence-electron chi connectivity index (χ0n) is 10.2. The van der Waals surface area contributed by atoms with Gasteiger partial charge in [-0.15, -0.1) is 14.8 Å². The van der Waals surface area contributed by atoms with Crippen molar-refractivity contribution in [3.8, 4) is 0 Å². The Kier molecular flexibility index (Phi) is 3.00. The van der Waals surface area contributed by atoms with Crippen LogP contribution in [0.15, 0.2) is 36.4 Å². The summed E-state index contributed by atoms with van der Waals surface area (Å²) in [5.74, 6) is 0.701. The van der Waals surface area contributed by atoms with Gasteiger partial charge in [-0.3, -0.25) is 0 Å². The highest BCUT2D eigenvalue weighted by Gasteiger charge is 2.07. The van der Waals surface area contributed by atoms with E-state index in [2.05, 4.69) is 25.9 Å². The highest BCUT2D eigenvalue weighted by atomic mass is 35.5. The Morgan fingerprint density at radius 1 is 1.26 bits per heavy atom. The van der Waals surface area contributed by atoms with E-state index in [1.54, 1.807) is 6.07 Å². The van der Waals surface area contributed by atoms with Gasteiger partial charge in [0.1, 0.15) is 5.82 Å². The molecule has 0 saturated heterocycles. The van der Waals surface area contributed by atoms with E-state index < -0.39 is 0 Å². The van der Waals surface area contributed by atoms with Gasteiger partial charge in [0, 0.05) is 5.02 Å². The molecule has 3 aromatic rings. The van der Waals surface area contributed by atoms with Crippen LogP contribution in [0.3, 0.4) is 0 Å². The molecule has 19 heavy (non-hydrogen) atoms. The lowest BCUT2D eigenvalue weighted by atomic mass is 10.1. The first-order chi connectivity index (χ1) is 9.22. The highest BCUT2D eigenvalue weighted by Crippen LogP contribution is 2.20. The van der Waals surface area contributed by atoms with E-state index in [0.29, 0.717) is 11.5 Å². The Balaban J connectivity index is 1.83. The average Bonchev–Trinajstić information content (AvgIpc) is 2.86. The summed E-state index contributed by atoms with van der Waals surface area (Å²) in [6, 6.07) is 11.4. The van der Waals surface area contributed by atoms with Crippen LogP contribution in [0.25, 0.3) is 5.65 Å². The minimum Gasteiger partial charge on any atom is -0.362 e. The molecule has 7 heteroatoms. The Morgan fingerprint density at radius 3 is 3.00 bits per heavy atom. The van der Waals surface area contributed by atoms with E-state index in [1.165, 1.54) is 4.63 Å². The molecule has 0 aliphatic rings. The predicted octanol–water partition coefficient (Wildman–Crippen LogP) is 2.35. The van der Waals surface area contributed by atoms with Crippen molar-refractivity contribution in [2.24, 2.45) is 0 Å². The van der Waals surface area contributed by atoms with Crippen molar-refractivity contribution < 1.29 is 0 Å². The summed E-state index contributed by atoms with van der Waals surface area (Å²) >= 11 is 5.98. The van der Waals surface area contributed by atoms with Crippen LogP contribution < -0.4 is 5.32 Å². The molecule has 96 valence electrons. The van der Waals surface area contributed by atoms with Gasteiger partial charge < -0.3 is 5.32 Å². The topological polar surface area (TPSA) is 68.0 Å². The van der Waals surface area contributed by atoms with E-state index >= 15 is 0 Å². The molecule has 2 aromatic heterocycles. The van der Waals surface area contributed by atoms with Gasteiger partial charge >= 0.3 is 0 Å². The maximum atomic E-state index is 5.98. The maximum Gasteiger partial charge on any atom is 0.200 e. The van der Waals surface area contributed by atoms with Crippen LogP contribution in [-0.4, -0.2) is 25.3 Å². The first kappa shape index (κ1) is 11.9. The van der Waals surface area contributed by atoms with Crippen LogP contribution in [0.1, 0.15) is 18.5 Å². The van der Waals surface area contributed by atoms with Crippen LogP contribution in [0.4, 0.5) is 5.82 Å². The molecular weight excluding hydrogens is 264 g/mol. The van der Waals surface area contributed by atoms with E-state index in [9.17, 15) is 0 Å². The number of halogens is 1. The molecule has 6 nitrogen and oxygen atoms in total. The maximum absolute atomic E-state index is 5.98. The van der Waals surface area contributed by atoms with Crippen LogP contribution in [0, 0.1) is 0 Å². The van der Waals surface area contributed by atoms with Crippen molar-refractivity contribution in [2.45, 2.75) is 13.0 Å². The van der Waals surface area contributed by atoms with Gasteiger partial charge in [-0.2, -0.15) is 0 Å². The van der Waals surface area contributed by atoms with Crippen LogP contribution in [0.5, 0.6) is 0 Å². The molecule has 0 amide bonds. The summed E-state index contributed by atoms with van der Waals surface area (Å²) in [4.78, 5) is 0. The summed E-state index contributed by atoms with van der Waals surface area (Å²) in [6.07, 6.45) is 0. The molecule has 0 spiro atoms. The Bertz CT molecular complexity index is 710. The Morgan fingerprint density at radius 2 is 2.16 bits per heavy atom. The molecule has 3 rings (SSSR count). The number of fused-ring (bicyclic) bond motifs is 1. The highest BCUT2D eigenvalue weighted by molar-refractivity contribution is 6.30. The van der Waals surface area contributed by atoms with Gasteiger partial charge in [0.2, 0.25) is 0 Å². The lowest BCUT2D eigenvalue weighted by Crippen LogP contribution is -2.09. The van der Waals surface area contributed by atoms with Gasteiger partial charge in [-0.1, -0.05) is 23.7 Å². The van der Waals surface area contributed by atoms with Gasteiger partial charge in [0.15, 0.2) is 5.65 Å². The number of benzene rings is 1. The van der Waals surface area contributed by atoms with Crippen molar-refractivity contribution in [3.05, 3.63) is 47.0 Å². The van der Waals surface area contributed by atoms with Gasteiger partial charge in [-0.25, -0.2) is 0 Å². The number of aromatic nitrogens is 5. The molecule has 1 aromatic carbocycles. The first-order valence-corrected chi connectivity index (χ1v) is 6.17. The second kappa shape index (κ2) is 4.81. The summed E-state index contributed by atoms with van der Waals surface area (Å²) in [6.45, 7) is 2.04. The van der Waals surface area contributed by atoms with Gasteiger partial charge in [-0.05, 0) is 47.2 Å². The van der Waals surface area contributed by atoms with Gasteiger partial charge in [0.25, 0.3) is 0 Å². The van der Waals surface area contributed by atoms with Gasteiger partial charge in [0.05, 0.1) is 6.04 Å². The third-order valence-corrected chi connectivity index (χ3v) is 3.02. The monoisotopic (exact) mass is 274 g/mol. The quantitative estimate of drug-likeness (QED) is 0.794. The number of anilines is 1. The predicted molar refractivity (Wildman–Crippen MR) is 72.1 cm³/mol. The third kappa shape index (κ3) is 2.48. The summed E-state index contributed by atoms with van der Waals surface area (Å²) in [5, 5.41) is 19.4. The van der Waals surface area contributed by atoms with Crippen molar-refractivity contribution in [2.75, 3.05) is 5.32 Å². The fourth-order valence-electron chi connectivity index (χ4n) is 1.81. The average molecular weight is 275 g/mol. The molecule has 0 unspecified atom stereocenters. The lowest BCUT2D eigenvalue weighted by molar-refractivity contribution is 0.728. The zero-order valence-corrected chi connectivity index (χ0v) is 10.9. The van der Waals surface area contributed by atoms with E-state index in [0.717, 1.165) is 10.6 Å². The Hall–Kier alpha value is -2.21. The van der Waals surface area contributed by atoms with Crippen LogP contribution in [0.2, 0.25) is 5.02 Å². The molecule has 0 radical (unpaired) electrons. The van der Waals surface area contributed by atoms with Crippen molar-refractivity contribution >= 4 is 23.1 Å². The largest absolute Gasteiger partial charge is 0.362 e. The summed E-state index contributed by atoms with van der Waals surface area (Å²) in [5.41, 5.74) is 1.70. The minimum atomic E-state index is 0.0835. The molecule has 1 N–H and O–H groups in total. The van der Waals surface area contributed by atoms with E-state index in [1.807, 2.05) is 37.3 Å². The van der Waals surface area contributed by atoms with Crippen molar-refractivity contribution in [3.63, 3.8) is 0 Å². The standard InChI is InChI=1S/C12H11ClN6/c1-8(9-3-2-4-10(13)7-9)14-11-5-6-12-15-17-18-19(12)16-11/h2-8H,1H3,(H,14,16)/t8-/m0/s1. The second-order valence-electron chi connectivity index (χ2n) is 4.17. The third-order valence-electron chi connectivity index (χ3n) is 2.78. The van der Waals surface area contributed by atoms with E-state index in [-0.39, 0.29) is 6.04 Å². The number of rotatable bonds is 3. The molecule has 0 bridgehead atoms. The van der Waals surface area contributed by atoms with E-state index in [4.69, 9.17) is 11.6 Å². The number of nitrogens with zero attached hydrogens (tertiary/aromatic N) is 5. The molecule has 0 fully saturated rings. The molecular formula is C12H11ClN6. The first-order valence-electron chi connectivity index (χ1n) is 5.80. The van der Waals surface area contributed by atoms with Crippen molar-refractivity contribution in [1.29, 1.82) is 0 Å². The lowest BCUT2D eigenvalue weighted by Gasteiger charge is -2.14. The Labute approximate surface area is 114 Å².